The summed E-state index contributed by atoms with van der Waals surface area (Å²) in [6, 6.07) is 3.15. The van der Waals surface area contributed by atoms with Gasteiger partial charge in [-0.25, -0.2) is 0 Å². The summed E-state index contributed by atoms with van der Waals surface area (Å²) in [6.45, 7) is 4.38. The van der Waals surface area contributed by atoms with Gasteiger partial charge in [0.1, 0.15) is 0 Å². The van der Waals surface area contributed by atoms with E-state index in [1.165, 1.54) is 6.07 Å². The maximum atomic E-state index is 10.7. The third kappa shape index (κ3) is 3.47. The fourth-order valence-corrected chi connectivity index (χ4v) is 1.21. The van der Waals surface area contributed by atoms with Gasteiger partial charge in [-0.2, -0.15) is 0 Å². The van der Waals surface area contributed by atoms with Gasteiger partial charge in [0, 0.05) is 22.0 Å². The van der Waals surface area contributed by atoms with E-state index in [4.69, 9.17) is 4.74 Å². The molecule has 0 N–H and O–H groups in total. The molecular formula is C9H11BrN2O3. The van der Waals surface area contributed by atoms with E-state index >= 15 is 0 Å². The molecule has 82 valence electrons. The molecule has 0 fully saturated rings. The number of nitro groups is 1. The van der Waals surface area contributed by atoms with Crippen molar-refractivity contribution in [1.82, 2.24) is 4.98 Å². The number of hydrogen-bond donors (Lipinski definition) is 0. The van der Waals surface area contributed by atoms with Crippen molar-refractivity contribution in [3.63, 3.8) is 0 Å². The van der Waals surface area contributed by atoms with Gasteiger partial charge in [-0.15, -0.1) is 0 Å². The molecule has 0 aromatic carbocycles. The van der Waals surface area contributed by atoms with Gasteiger partial charge in [0.2, 0.25) is 10.4 Å². The third-order valence-electron chi connectivity index (χ3n) is 1.55. The summed E-state index contributed by atoms with van der Waals surface area (Å²) < 4.78 is 5.71. The Kier molecular flexibility index (Phi) is 4.02. The molecule has 0 aliphatic heterocycles. The molecule has 5 nitrogen and oxygen atoms in total. The first kappa shape index (κ1) is 11.9. The molecule has 15 heavy (non-hydrogen) atoms. The Morgan fingerprint density at radius 2 is 2.27 bits per heavy atom. The first-order chi connectivity index (χ1) is 7.00. The zero-order valence-electron chi connectivity index (χ0n) is 8.44. The molecule has 0 bridgehead atoms. The van der Waals surface area contributed by atoms with Crippen LogP contribution in [-0.2, 0) is 0 Å². The average Bonchev–Trinajstić information content (AvgIpc) is 2.15. The molecule has 0 amide bonds. The van der Waals surface area contributed by atoms with Gasteiger partial charge in [0.25, 0.3) is 0 Å². The lowest BCUT2D eigenvalue weighted by molar-refractivity contribution is -0.390. The molecule has 0 aliphatic rings. The number of halogens is 1. The van der Waals surface area contributed by atoms with Crippen molar-refractivity contribution >= 4 is 21.7 Å². The van der Waals surface area contributed by atoms with Crippen LogP contribution in [0.1, 0.15) is 13.8 Å². The predicted octanol–water partition coefficient (Wildman–Crippen LogP) is 2.79. The fourth-order valence-electron chi connectivity index (χ4n) is 0.912. The van der Waals surface area contributed by atoms with Crippen molar-refractivity contribution in [2.24, 2.45) is 5.92 Å². The molecule has 1 aromatic heterocycles. The van der Waals surface area contributed by atoms with E-state index in [0.29, 0.717) is 17.1 Å². The molecule has 6 heteroatoms. The Morgan fingerprint density at radius 3 is 2.80 bits per heavy atom. The molecule has 0 unspecified atom stereocenters. The van der Waals surface area contributed by atoms with Gasteiger partial charge < -0.3 is 14.9 Å². The highest BCUT2D eigenvalue weighted by molar-refractivity contribution is 9.10. The van der Waals surface area contributed by atoms with Gasteiger partial charge in [-0.05, 0) is 21.9 Å². The standard InChI is InChI=1S/C9H11BrN2O3/c1-6(2)5-15-7-3-4-8(10)11-9(7)12(13)14/h3-4,6H,5H2,1-2H3. The third-order valence-corrected chi connectivity index (χ3v) is 1.99. The topological polar surface area (TPSA) is 65.3 Å². The molecule has 0 saturated carbocycles. The number of rotatable bonds is 4. The summed E-state index contributed by atoms with van der Waals surface area (Å²) in [5.41, 5.74) is 0. The molecule has 0 radical (unpaired) electrons. The van der Waals surface area contributed by atoms with Crippen molar-refractivity contribution in [3.05, 3.63) is 26.9 Å². The van der Waals surface area contributed by atoms with Gasteiger partial charge in [0.05, 0.1) is 6.61 Å². The Morgan fingerprint density at radius 1 is 1.60 bits per heavy atom. The molecular weight excluding hydrogens is 264 g/mol. The van der Waals surface area contributed by atoms with E-state index in [-0.39, 0.29) is 11.6 Å². The minimum absolute atomic E-state index is 0.205. The van der Waals surface area contributed by atoms with E-state index in [1.807, 2.05) is 13.8 Å². The Bertz CT molecular complexity index is 368. The highest BCUT2D eigenvalue weighted by Crippen LogP contribution is 2.26. The average molecular weight is 275 g/mol. The van der Waals surface area contributed by atoms with Crippen LogP contribution in [0, 0.1) is 16.0 Å². The van der Waals surface area contributed by atoms with Crippen molar-refractivity contribution in [2.45, 2.75) is 13.8 Å². The van der Waals surface area contributed by atoms with Crippen LogP contribution >= 0.6 is 15.9 Å². The Hall–Kier alpha value is -1.17. The fraction of sp³-hybridized carbons (Fsp3) is 0.444. The molecule has 0 spiro atoms. The lowest BCUT2D eigenvalue weighted by Gasteiger charge is -2.07. The lowest BCUT2D eigenvalue weighted by Crippen LogP contribution is -2.07. The van der Waals surface area contributed by atoms with Gasteiger partial charge in [-0.3, -0.25) is 0 Å². The van der Waals surface area contributed by atoms with Crippen molar-refractivity contribution < 1.29 is 9.66 Å². The van der Waals surface area contributed by atoms with Crippen LogP contribution in [0.4, 0.5) is 5.82 Å². The van der Waals surface area contributed by atoms with Crippen LogP contribution in [0.25, 0.3) is 0 Å². The minimum Gasteiger partial charge on any atom is -0.485 e. The van der Waals surface area contributed by atoms with E-state index < -0.39 is 4.92 Å². The van der Waals surface area contributed by atoms with Gasteiger partial charge in [0.15, 0.2) is 0 Å². The number of pyridine rings is 1. The van der Waals surface area contributed by atoms with Gasteiger partial charge >= 0.3 is 5.82 Å². The molecule has 0 atom stereocenters. The zero-order valence-corrected chi connectivity index (χ0v) is 10.0. The summed E-state index contributed by atoms with van der Waals surface area (Å²) in [7, 11) is 0. The summed E-state index contributed by atoms with van der Waals surface area (Å²) in [4.78, 5) is 13.8. The van der Waals surface area contributed by atoms with Crippen molar-refractivity contribution in [1.29, 1.82) is 0 Å². The molecule has 1 aromatic rings. The Balaban J connectivity index is 2.91. The maximum absolute atomic E-state index is 10.7. The summed E-state index contributed by atoms with van der Waals surface area (Å²) in [5.74, 6) is 0.259. The Labute approximate surface area is 95.7 Å². The highest BCUT2D eigenvalue weighted by atomic mass is 79.9. The second kappa shape index (κ2) is 5.06. The predicted molar refractivity (Wildman–Crippen MR) is 58.9 cm³/mol. The monoisotopic (exact) mass is 274 g/mol. The van der Waals surface area contributed by atoms with Crippen LogP contribution < -0.4 is 4.74 Å². The first-order valence-corrected chi connectivity index (χ1v) is 5.23. The maximum Gasteiger partial charge on any atom is 0.407 e. The summed E-state index contributed by atoms with van der Waals surface area (Å²) >= 11 is 3.07. The minimum atomic E-state index is -0.555. The quantitative estimate of drug-likeness (QED) is 0.481. The lowest BCUT2D eigenvalue weighted by atomic mass is 10.2. The number of nitrogens with zero attached hydrogens (tertiary/aromatic N) is 2. The number of hydrogen-bond acceptors (Lipinski definition) is 4. The van der Waals surface area contributed by atoms with Crippen molar-refractivity contribution in [2.75, 3.05) is 6.61 Å². The second-order valence-corrected chi connectivity index (χ2v) is 4.23. The van der Waals surface area contributed by atoms with E-state index in [9.17, 15) is 10.1 Å². The van der Waals surface area contributed by atoms with E-state index in [0.717, 1.165) is 0 Å². The first-order valence-electron chi connectivity index (χ1n) is 4.44. The highest BCUT2D eigenvalue weighted by Gasteiger charge is 2.18. The van der Waals surface area contributed by atoms with Crippen LogP contribution in [0.3, 0.4) is 0 Å². The number of ether oxygens (including phenoxy) is 1. The summed E-state index contributed by atoms with van der Waals surface area (Å²) in [5, 5.41) is 10.7. The van der Waals surface area contributed by atoms with Crippen LogP contribution in [0.15, 0.2) is 16.7 Å². The van der Waals surface area contributed by atoms with Crippen LogP contribution in [0.5, 0.6) is 5.75 Å². The number of aromatic nitrogens is 1. The largest absolute Gasteiger partial charge is 0.485 e. The normalized spacial score (nSPS) is 10.4. The smallest absolute Gasteiger partial charge is 0.407 e. The summed E-state index contributed by atoms with van der Waals surface area (Å²) in [6.07, 6.45) is 0. The molecule has 1 heterocycles. The van der Waals surface area contributed by atoms with Crippen LogP contribution in [0.2, 0.25) is 0 Å². The molecule has 1 rings (SSSR count). The van der Waals surface area contributed by atoms with Crippen molar-refractivity contribution in [3.8, 4) is 5.75 Å². The van der Waals surface area contributed by atoms with E-state index in [2.05, 4.69) is 20.9 Å². The zero-order chi connectivity index (χ0) is 11.4. The van der Waals surface area contributed by atoms with Gasteiger partial charge in [-0.1, -0.05) is 13.8 Å². The van der Waals surface area contributed by atoms with Crippen LogP contribution in [-0.4, -0.2) is 16.5 Å². The molecule has 0 aliphatic carbocycles. The SMILES string of the molecule is CC(C)COc1ccc(Br)nc1[N+](=O)[O-]. The molecule has 0 saturated heterocycles. The van der Waals surface area contributed by atoms with E-state index in [1.54, 1.807) is 6.07 Å². The second-order valence-electron chi connectivity index (χ2n) is 3.42.